The molecule has 2 heterocycles. The van der Waals surface area contributed by atoms with Gasteiger partial charge in [0.2, 0.25) is 0 Å². The summed E-state index contributed by atoms with van der Waals surface area (Å²) in [6, 6.07) is 17.4. The van der Waals surface area contributed by atoms with Crippen LogP contribution in [-0.4, -0.2) is 29.8 Å². The van der Waals surface area contributed by atoms with E-state index in [1.807, 2.05) is 54.6 Å². The van der Waals surface area contributed by atoms with E-state index in [1.165, 1.54) is 11.8 Å². The van der Waals surface area contributed by atoms with Gasteiger partial charge in [-0.3, -0.25) is 9.36 Å². The monoisotopic (exact) mass is 392 g/mol. The first-order valence-corrected chi connectivity index (χ1v) is 10.2. The fourth-order valence-electron chi connectivity index (χ4n) is 3.00. The van der Waals surface area contributed by atoms with Crippen molar-refractivity contribution in [2.24, 2.45) is 0 Å². The predicted molar refractivity (Wildman–Crippen MR) is 109 cm³/mol. The maximum absolute atomic E-state index is 13.1. The van der Waals surface area contributed by atoms with Gasteiger partial charge in [-0.2, -0.15) is 0 Å². The lowest BCUT2D eigenvalue weighted by Gasteiger charge is -2.13. The summed E-state index contributed by atoms with van der Waals surface area (Å²) < 4.78 is 3.53. The summed E-state index contributed by atoms with van der Waals surface area (Å²) in [7, 11) is 0. The Morgan fingerprint density at radius 3 is 2.64 bits per heavy atom. The average molecular weight is 392 g/mol. The van der Waals surface area contributed by atoms with Gasteiger partial charge in [0, 0.05) is 6.54 Å². The molecule has 7 nitrogen and oxygen atoms in total. The molecule has 0 aliphatic heterocycles. The van der Waals surface area contributed by atoms with Gasteiger partial charge < -0.3 is 0 Å². The average Bonchev–Trinajstić information content (AvgIpc) is 3.17. The zero-order chi connectivity index (χ0) is 19.3. The Balaban J connectivity index is 1.72. The molecule has 0 amide bonds. The van der Waals surface area contributed by atoms with Gasteiger partial charge in [-0.15, -0.1) is 5.10 Å². The van der Waals surface area contributed by atoms with Crippen molar-refractivity contribution in [2.45, 2.75) is 37.3 Å². The van der Waals surface area contributed by atoms with E-state index in [4.69, 9.17) is 4.98 Å². The molecule has 0 fully saturated rings. The van der Waals surface area contributed by atoms with E-state index in [-0.39, 0.29) is 5.56 Å². The van der Waals surface area contributed by atoms with Crippen LogP contribution in [0.25, 0.3) is 10.9 Å². The van der Waals surface area contributed by atoms with Crippen LogP contribution in [0.4, 0.5) is 0 Å². The van der Waals surface area contributed by atoms with Gasteiger partial charge >= 0.3 is 0 Å². The zero-order valence-corrected chi connectivity index (χ0v) is 16.3. The number of hydrogen-bond acceptors (Lipinski definition) is 6. The van der Waals surface area contributed by atoms with Crippen LogP contribution in [0.15, 0.2) is 64.5 Å². The second kappa shape index (κ2) is 8.35. The first-order chi connectivity index (χ1) is 13.8. The molecular formula is C20H20N6OS. The van der Waals surface area contributed by atoms with Gasteiger partial charge in [0.15, 0.2) is 11.0 Å². The quantitative estimate of drug-likeness (QED) is 0.355. The molecule has 0 saturated carbocycles. The molecule has 0 aliphatic rings. The summed E-state index contributed by atoms with van der Waals surface area (Å²) in [5.41, 5.74) is 1.72. The first-order valence-electron chi connectivity index (χ1n) is 9.17. The minimum Gasteiger partial charge on any atom is -0.283 e. The molecule has 0 saturated heterocycles. The molecular weight excluding hydrogens is 372 g/mol. The Kier molecular flexibility index (Phi) is 5.48. The maximum Gasteiger partial charge on any atom is 0.262 e. The Morgan fingerprint density at radius 1 is 1.04 bits per heavy atom. The van der Waals surface area contributed by atoms with Gasteiger partial charge in [-0.25, -0.2) is 9.67 Å². The summed E-state index contributed by atoms with van der Waals surface area (Å²) in [6.07, 6.45) is 0.954. The smallest absolute Gasteiger partial charge is 0.262 e. The lowest BCUT2D eigenvalue weighted by atomic mass is 10.2. The Bertz CT molecular complexity index is 1140. The largest absolute Gasteiger partial charge is 0.283 e. The van der Waals surface area contributed by atoms with E-state index in [2.05, 4.69) is 22.4 Å². The Labute approximate surface area is 166 Å². The van der Waals surface area contributed by atoms with Crippen LogP contribution < -0.4 is 5.56 Å². The van der Waals surface area contributed by atoms with E-state index in [0.717, 1.165) is 24.4 Å². The van der Waals surface area contributed by atoms with Gasteiger partial charge in [0.25, 0.3) is 5.56 Å². The second-order valence-electron chi connectivity index (χ2n) is 6.40. The third-order valence-electron chi connectivity index (χ3n) is 4.38. The predicted octanol–water partition coefficient (Wildman–Crippen LogP) is 3.13. The number of benzene rings is 2. The fourth-order valence-corrected chi connectivity index (χ4v) is 3.94. The van der Waals surface area contributed by atoms with Crippen molar-refractivity contribution < 1.29 is 0 Å². The number of tetrazole rings is 1. The van der Waals surface area contributed by atoms with Gasteiger partial charge in [0.05, 0.1) is 23.2 Å². The third-order valence-corrected chi connectivity index (χ3v) is 5.35. The molecule has 0 spiro atoms. The molecule has 4 aromatic rings. The lowest BCUT2D eigenvalue weighted by Crippen LogP contribution is -2.24. The van der Waals surface area contributed by atoms with E-state index < -0.39 is 0 Å². The number of rotatable bonds is 7. The number of aryl methyl sites for hydroxylation is 1. The van der Waals surface area contributed by atoms with Crippen molar-refractivity contribution in [2.75, 3.05) is 0 Å². The van der Waals surface area contributed by atoms with Gasteiger partial charge in [0.1, 0.15) is 0 Å². The Morgan fingerprint density at radius 2 is 1.82 bits per heavy atom. The van der Waals surface area contributed by atoms with Crippen molar-refractivity contribution >= 4 is 22.7 Å². The molecule has 0 unspecified atom stereocenters. The lowest BCUT2D eigenvalue weighted by molar-refractivity contribution is 0.564. The summed E-state index contributed by atoms with van der Waals surface area (Å²) >= 11 is 1.48. The Hall–Kier alpha value is -3.00. The summed E-state index contributed by atoms with van der Waals surface area (Å²) in [6.45, 7) is 3.33. The number of thioether (sulfide) groups is 1. The highest BCUT2D eigenvalue weighted by molar-refractivity contribution is 7.98. The van der Waals surface area contributed by atoms with Crippen LogP contribution in [-0.2, 0) is 18.8 Å². The van der Waals surface area contributed by atoms with E-state index in [9.17, 15) is 4.79 Å². The molecule has 0 N–H and O–H groups in total. The highest BCUT2D eigenvalue weighted by Gasteiger charge is 2.14. The van der Waals surface area contributed by atoms with Crippen molar-refractivity contribution in [3.63, 3.8) is 0 Å². The van der Waals surface area contributed by atoms with E-state index in [1.54, 1.807) is 9.25 Å². The number of hydrogen-bond donors (Lipinski definition) is 0. The maximum atomic E-state index is 13.1. The number of para-hydroxylation sites is 1. The normalized spacial score (nSPS) is 11.2. The minimum absolute atomic E-state index is 0.0369. The molecule has 0 radical (unpaired) electrons. The van der Waals surface area contributed by atoms with Crippen LogP contribution in [0, 0.1) is 0 Å². The number of aromatic nitrogens is 6. The highest BCUT2D eigenvalue weighted by atomic mass is 32.2. The summed E-state index contributed by atoms with van der Waals surface area (Å²) in [4.78, 5) is 17.9. The van der Waals surface area contributed by atoms with Crippen LogP contribution in [0.5, 0.6) is 0 Å². The zero-order valence-electron chi connectivity index (χ0n) is 15.5. The topological polar surface area (TPSA) is 78.5 Å². The minimum atomic E-state index is -0.0369. The molecule has 8 heteroatoms. The van der Waals surface area contributed by atoms with Crippen molar-refractivity contribution in [3.05, 3.63) is 76.3 Å². The molecule has 2 aromatic heterocycles. The van der Waals surface area contributed by atoms with E-state index in [0.29, 0.717) is 28.4 Å². The molecule has 2 aromatic carbocycles. The molecule has 0 atom stereocenters. The van der Waals surface area contributed by atoms with Crippen LogP contribution in [0.1, 0.15) is 24.7 Å². The van der Waals surface area contributed by atoms with Crippen LogP contribution in [0.2, 0.25) is 0 Å². The van der Waals surface area contributed by atoms with Crippen molar-refractivity contribution in [1.82, 2.24) is 29.8 Å². The van der Waals surface area contributed by atoms with Crippen molar-refractivity contribution in [3.8, 4) is 0 Å². The summed E-state index contributed by atoms with van der Waals surface area (Å²) in [5.74, 6) is 1.33. The van der Waals surface area contributed by atoms with Gasteiger partial charge in [-0.1, -0.05) is 61.2 Å². The SMILES string of the molecule is CCCn1nnnc1CSc1nc2ccccc2c(=O)n1Cc1ccccc1. The van der Waals surface area contributed by atoms with Crippen molar-refractivity contribution in [1.29, 1.82) is 0 Å². The highest BCUT2D eigenvalue weighted by Crippen LogP contribution is 2.22. The van der Waals surface area contributed by atoms with Gasteiger partial charge in [-0.05, 0) is 34.5 Å². The second-order valence-corrected chi connectivity index (χ2v) is 7.34. The fraction of sp³-hybridized carbons (Fsp3) is 0.250. The molecule has 4 rings (SSSR count). The summed E-state index contributed by atoms with van der Waals surface area (Å²) in [5, 5.41) is 13.2. The number of nitrogens with zero attached hydrogens (tertiary/aromatic N) is 6. The molecule has 0 bridgehead atoms. The first kappa shape index (κ1) is 18.4. The van der Waals surface area contributed by atoms with Crippen LogP contribution in [0.3, 0.4) is 0 Å². The molecule has 142 valence electrons. The standard InChI is InChI=1S/C20H20N6OS/c1-2-12-26-18(22-23-24-26)14-28-20-21-17-11-7-6-10-16(17)19(27)25(20)13-15-8-4-3-5-9-15/h3-11H,2,12-14H2,1H3. The van der Waals surface area contributed by atoms with Crippen LogP contribution >= 0.6 is 11.8 Å². The molecule has 0 aliphatic carbocycles. The number of fused-ring (bicyclic) bond motifs is 1. The third kappa shape index (κ3) is 3.82. The van der Waals surface area contributed by atoms with E-state index >= 15 is 0 Å². The molecule has 28 heavy (non-hydrogen) atoms.